The average Bonchev–Trinajstić information content (AvgIpc) is 3.03. The minimum Gasteiger partial charge on any atom is -0.342 e. The van der Waals surface area contributed by atoms with Gasteiger partial charge in [0.1, 0.15) is 5.82 Å². The number of piperidine rings is 1. The van der Waals surface area contributed by atoms with Gasteiger partial charge in [-0.3, -0.25) is 9.48 Å². The summed E-state index contributed by atoms with van der Waals surface area (Å²) in [5.41, 5.74) is 2.15. The molecular formula is C20H26FN3O. The van der Waals surface area contributed by atoms with Crippen LogP contribution in [0.1, 0.15) is 36.8 Å². The van der Waals surface area contributed by atoms with Crippen LogP contribution in [0.5, 0.6) is 0 Å². The van der Waals surface area contributed by atoms with Crippen LogP contribution in [0.25, 0.3) is 0 Å². The van der Waals surface area contributed by atoms with Crippen LogP contribution in [-0.2, 0) is 24.7 Å². The largest absolute Gasteiger partial charge is 0.342 e. The first-order valence-corrected chi connectivity index (χ1v) is 9.10. The van der Waals surface area contributed by atoms with Gasteiger partial charge in [0.2, 0.25) is 5.91 Å². The minimum absolute atomic E-state index is 0.173. The molecule has 1 aliphatic heterocycles. The fourth-order valence-corrected chi connectivity index (χ4v) is 3.60. The van der Waals surface area contributed by atoms with Gasteiger partial charge in [-0.2, -0.15) is 5.10 Å². The molecule has 0 aliphatic carbocycles. The first kappa shape index (κ1) is 17.6. The second-order valence-electron chi connectivity index (χ2n) is 7.04. The molecule has 2 heterocycles. The van der Waals surface area contributed by atoms with E-state index in [1.165, 1.54) is 6.07 Å². The Morgan fingerprint density at radius 1 is 1.32 bits per heavy atom. The third kappa shape index (κ3) is 5.15. The number of hydrogen-bond donors (Lipinski definition) is 0. The van der Waals surface area contributed by atoms with E-state index in [1.54, 1.807) is 16.8 Å². The Labute approximate surface area is 148 Å². The van der Waals surface area contributed by atoms with E-state index in [0.29, 0.717) is 12.3 Å². The average molecular weight is 343 g/mol. The van der Waals surface area contributed by atoms with Crippen LogP contribution in [0.3, 0.4) is 0 Å². The summed E-state index contributed by atoms with van der Waals surface area (Å²) in [6.07, 6.45) is 9.18. The number of nitrogens with zero attached hydrogens (tertiary/aromatic N) is 3. The Morgan fingerprint density at radius 2 is 2.20 bits per heavy atom. The molecule has 4 nitrogen and oxygen atoms in total. The van der Waals surface area contributed by atoms with Gasteiger partial charge in [0.15, 0.2) is 0 Å². The zero-order chi connectivity index (χ0) is 17.6. The number of amides is 1. The molecule has 1 saturated heterocycles. The topological polar surface area (TPSA) is 38.1 Å². The molecule has 0 radical (unpaired) electrons. The fraction of sp³-hybridized carbons (Fsp3) is 0.500. The maximum absolute atomic E-state index is 13.3. The van der Waals surface area contributed by atoms with E-state index in [9.17, 15) is 9.18 Å². The van der Waals surface area contributed by atoms with Crippen molar-refractivity contribution in [3.63, 3.8) is 0 Å². The zero-order valence-electron chi connectivity index (χ0n) is 14.8. The lowest BCUT2D eigenvalue weighted by Gasteiger charge is -2.33. The van der Waals surface area contributed by atoms with Crippen LogP contribution in [0.4, 0.5) is 4.39 Å². The Morgan fingerprint density at radius 3 is 2.96 bits per heavy atom. The molecular weight excluding hydrogens is 317 g/mol. The molecule has 134 valence electrons. The van der Waals surface area contributed by atoms with Gasteiger partial charge in [-0.25, -0.2) is 4.39 Å². The second-order valence-corrected chi connectivity index (χ2v) is 7.04. The van der Waals surface area contributed by atoms with Crippen molar-refractivity contribution in [3.05, 3.63) is 53.6 Å². The highest BCUT2D eigenvalue weighted by Crippen LogP contribution is 2.22. The standard InChI is InChI=1S/C20H26FN3O/c1-23-14-18(13-22-23)9-10-20(25)24-11-3-5-17(15-24)8-7-16-4-2-6-19(21)12-16/h2,4,6,12-14,17H,3,5,7-11,15H2,1H3. The molecule has 3 rings (SSSR count). The van der Waals surface area contributed by atoms with Crippen molar-refractivity contribution < 1.29 is 9.18 Å². The maximum Gasteiger partial charge on any atom is 0.222 e. The third-order valence-corrected chi connectivity index (χ3v) is 4.99. The van der Waals surface area contributed by atoms with Crippen molar-refractivity contribution >= 4 is 5.91 Å². The number of rotatable bonds is 6. The number of aromatic nitrogens is 2. The van der Waals surface area contributed by atoms with Crippen LogP contribution in [0.2, 0.25) is 0 Å². The SMILES string of the molecule is Cn1cc(CCC(=O)N2CCCC(CCc3cccc(F)c3)C2)cn1. The monoisotopic (exact) mass is 343 g/mol. The molecule has 1 aromatic heterocycles. The Hall–Kier alpha value is -2.17. The lowest BCUT2D eigenvalue weighted by atomic mass is 9.91. The molecule has 1 fully saturated rings. The van der Waals surface area contributed by atoms with E-state index in [1.807, 2.05) is 30.4 Å². The molecule has 1 amide bonds. The van der Waals surface area contributed by atoms with Gasteiger partial charge < -0.3 is 4.90 Å². The highest BCUT2D eigenvalue weighted by atomic mass is 19.1. The van der Waals surface area contributed by atoms with Gasteiger partial charge in [-0.05, 0) is 61.3 Å². The lowest BCUT2D eigenvalue weighted by molar-refractivity contribution is -0.133. The zero-order valence-corrected chi connectivity index (χ0v) is 14.8. The van der Waals surface area contributed by atoms with Crippen molar-refractivity contribution in [1.82, 2.24) is 14.7 Å². The van der Waals surface area contributed by atoms with E-state index in [0.717, 1.165) is 56.3 Å². The summed E-state index contributed by atoms with van der Waals surface area (Å²) < 4.78 is 15.0. The van der Waals surface area contributed by atoms with Crippen molar-refractivity contribution in [2.24, 2.45) is 13.0 Å². The number of benzene rings is 1. The highest BCUT2D eigenvalue weighted by molar-refractivity contribution is 5.76. The minimum atomic E-state index is -0.173. The summed E-state index contributed by atoms with van der Waals surface area (Å²) in [6, 6.07) is 6.83. The van der Waals surface area contributed by atoms with Crippen molar-refractivity contribution in [2.45, 2.75) is 38.5 Å². The molecule has 0 saturated carbocycles. The van der Waals surface area contributed by atoms with Gasteiger partial charge >= 0.3 is 0 Å². The van der Waals surface area contributed by atoms with E-state index < -0.39 is 0 Å². The molecule has 1 unspecified atom stereocenters. The molecule has 1 aromatic carbocycles. The van der Waals surface area contributed by atoms with Crippen LogP contribution < -0.4 is 0 Å². The van der Waals surface area contributed by atoms with E-state index in [4.69, 9.17) is 0 Å². The molecule has 0 bridgehead atoms. The van der Waals surface area contributed by atoms with Crippen LogP contribution in [0, 0.1) is 11.7 Å². The summed E-state index contributed by atoms with van der Waals surface area (Å²) in [4.78, 5) is 14.5. The Kier molecular flexibility index (Phi) is 5.84. The first-order valence-electron chi connectivity index (χ1n) is 9.10. The summed E-state index contributed by atoms with van der Waals surface area (Å²) in [7, 11) is 1.89. The van der Waals surface area contributed by atoms with Crippen LogP contribution in [0.15, 0.2) is 36.7 Å². The molecule has 5 heteroatoms. The predicted molar refractivity (Wildman–Crippen MR) is 95.6 cm³/mol. The lowest BCUT2D eigenvalue weighted by Crippen LogP contribution is -2.40. The predicted octanol–water partition coefficient (Wildman–Crippen LogP) is 3.36. The Balaban J connectivity index is 1.46. The molecule has 0 spiro atoms. The smallest absolute Gasteiger partial charge is 0.222 e. The Bertz CT molecular complexity index is 712. The summed E-state index contributed by atoms with van der Waals surface area (Å²) in [5.74, 6) is 0.576. The highest BCUT2D eigenvalue weighted by Gasteiger charge is 2.23. The van der Waals surface area contributed by atoms with E-state index >= 15 is 0 Å². The van der Waals surface area contributed by atoms with Crippen molar-refractivity contribution in [2.75, 3.05) is 13.1 Å². The number of carbonyl (C=O) groups excluding carboxylic acids is 1. The van der Waals surface area contributed by atoms with Gasteiger partial charge in [-0.1, -0.05) is 12.1 Å². The summed E-state index contributed by atoms with van der Waals surface area (Å²) in [5, 5.41) is 4.14. The molecule has 1 atom stereocenters. The van der Waals surface area contributed by atoms with Crippen LogP contribution in [-0.4, -0.2) is 33.7 Å². The first-order chi connectivity index (χ1) is 12.1. The molecule has 1 aliphatic rings. The second kappa shape index (κ2) is 8.28. The number of halogens is 1. The maximum atomic E-state index is 13.3. The summed E-state index contributed by atoms with van der Waals surface area (Å²) >= 11 is 0. The van der Waals surface area contributed by atoms with E-state index in [2.05, 4.69) is 5.10 Å². The van der Waals surface area contributed by atoms with Crippen LogP contribution >= 0.6 is 0 Å². The number of aryl methyl sites for hydroxylation is 3. The van der Waals surface area contributed by atoms with Gasteiger partial charge in [0, 0.05) is 32.8 Å². The van der Waals surface area contributed by atoms with Crippen molar-refractivity contribution in [3.8, 4) is 0 Å². The molecule has 25 heavy (non-hydrogen) atoms. The third-order valence-electron chi connectivity index (χ3n) is 4.99. The summed E-state index contributed by atoms with van der Waals surface area (Å²) in [6.45, 7) is 1.70. The quantitative estimate of drug-likeness (QED) is 0.807. The normalized spacial score (nSPS) is 17.7. The number of hydrogen-bond acceptors (Lipinski definition) is 2. The number of likely N-dealkylation sites (tertiary alicyclic amines) is 1. The fourth-order valence-electron chi connectivity index (χ4n) is 3.60. The molecule has 2 aromatic rings. The molecule has 0 N–H and O–H groups in total. The van der Waals surface area contributed by atoms with Gasteiger partial charge in [0.25, 0.3) is 0 Å². The van der Waals surface area contributed by atoms with Gasteiger partial charge in [0.05, 0.1) is 6.20 Å². The van der Waals surface area contributed by atoms with Gasteiger partial charge in [-0.15, -0.1) is 0 Å². The van der Waals surface area contributed by atoms with E-state index in [-0.39, 0.29) is 11.7 Å². The number of carbonyl (C=O) groups is 1. The van der Waals surface area contributed by atoms with Crippen molar-refractivity contribution in [1.29, 1.82) is 0 Å².